The maximum Gasteiger partial charge on any atom is 0.313 e. The number of hydrogen-bond acceptors (Lipinski definition) is 8. The van der Waals surface area contributed by atoms with E-state index >= 15 is 0 Å². The maximum atomic E-state index is 13.4. The molecule has 10 nitrogen and oxygen atoms in total. The van der Waals surface area contributed by atoms with Gasteiger partial charge in [-0.3, -0.25) is 14.4 Å². The van der Waals surface area contributed by atoms with Gasteiger partial charge in [0.05, 0.1) is 40.3 Å². The highest BCUT2D eigenvalue weighted by Gasteiger charge is 2.34. The number of rotatable bonds is 7. The number of methoxy groups -OCH3 is 1. The molecule has 3 amide bonds. The average molecular weight is 539 g/mol. The molecular formula is C27H34N6O4S. The molecule has 1 fully saturated rings. The largest absolute Gasteiger partial charge is 0.480 e. The van der Waals surface area contributed by atoms with E-state index in [1.54, 1.807) is 16.2 Å². The molecule has 1 aliphatic heterocycles. The van der Waals surface area contributed by atoms with Crippen LogP contribution in [0.1, 0.15) is 53.7 Å². The third-order valence-corrected chi connectivity index (χ3v) is 8.09. The number of likely N-dealkylation sites (tertiary alicyclic amines) is 1. The van der Waals surface area contributed by atoms with Crippen molar-refractivity contribution in [3.8, 4) is 5.88 Å². The summed E-state index contributed by atoms with van der Waals surface area (Å²) in [5.74, 6) is -1.89. The summed E-state index contributed by atoms with van der Waals surface area (Å²) in [6, 6.07) is 7.62. The minimum atomic E-state index is -0.804. The first-order chi connectivity index (χ1) is 18.1. The number of ether oxygens (including phenoxy) is 1. The first-order valence-electron chi connectivity index (χ1n) is 12.6. The topological polar surface area (TPSA) is 131 Å². The highest BCUT2D eigenvalue weighted by molar-refractivity contribution is 7.18. The van der Waals surface area contributed by atoms with Crippen molar-refractivity contribution in [2.75, 3.05) is 33.1 Å². The quantitative estimate of drug-likeness (QED) is 0.442. The number of nitrogens with two attached hydrogens (primary N) is 1. The molecule has 1 aliphatic rings. The molecule has 2 aromatic heterocycles. The van der Waals surface area contributed by atoms with Gasteiger partial charge in [0.15, 0.2) is 0 Å². The Morgan fingerprint density at radius 3 is 2.71 bits per heavy atom. The molecule has 0 radical (unpaired) electrons. The van der Waals surface area contributed by atoms with Gasteiger partial charge >= 0.3 is 11.8 Å². The zero-order chi connectivity index (χ0) is 27.6. The van der Waals surface area contributed by atoms with E-state index in [9.17, 15) is 14.4 Å². The van der Waals surface area contributed by atoms with Crippen LogP contribution in [0.2, 0.25) is 0 Å². The minimum Gasteiger partial charge on any atom is -0.480 e. The van der Waals surface area contributed by atoms with E-state index in [4.69, 9.17) is 15.5 Å². The third-order valence-electron chi connectivity index (χ3n) is 7.03. The van der Waals surface area contributed by atoms with Gasteiger partial charge in [0, 0.05) is 19.0 Å². The fourth-order valence-electron chi connectivity index (χ4n) is 4.62. The van der Waals surface area contributed by atoms with Crippen LogP contribution in [0.25, 0.3) is 10.2 Å². The lowest BCUT2D eigenvalue weighted by Crippen LogP contribution is -2.46. The lowest BCUT2D eigenvalue weighted by atomic mass is 9.89. The lowest BCUT2D eigenvalue weighted by Gasteiger charge is -2.38. The van der Waals surface area contributed by atoms with Gasteiger partial charge < -0.3 is 25.6 Å². The van der Waals surface area contributed by atoms with Crippen molar-refractivity contribution in [1.29, 1.82) is 0 Å². The molecule has 3 aromatic rings. The molecule has 38 heavy (non-hydrogen) atoms. The number of amides is 3. The molecule has 0 bridgehead atoms. The number of primary amides is 1. The number of nitrogens with one attached hydrogen (secondary N) is 1. The number of benzene rings is 1. The van der Waals surface area contributed by atoms with E-state index in [0.29, 0.717) is 12.6 Å². The molecular weight excluding hydrogens is 504 g/mol. The summed E-state index contributed by atoms with van der Waals surface area (Å²) in [6.45, 7) is 4.71. The Bertz CT molecular complexity index is 1360. The second kappa shape index (κ2) is 11.4. The van der Waals surface area contributed by atoms with Gasteiger partial charge in [-0.1, -0.05) is 13.0 Å². The second-order valence-corrected chi connectivity index (χ2v) is 11.2. The van der Waals surface area contributed by atoms with Crippen molar-refractivity contribution in [3.05, 3.63) is 46.6 Å². The van der Waals surface area contributed by atoms with Crippen molar-refractivity contribution < 1.29 is 19.1 Å². The zero-order valence-corrected chi connectivity index (χ0v) is 23.2. The van der Waals surface area contributed by atoms with E-state index in [0.717, 1.165) is 40.1 Å². The molecule has 0 spiro atoms. The molecule has 4 rings (SSSR count). The number of anilines is 1. The second-order valence-electron chi connectivity index (χ2n) is 10.1. The van der Waals surface area contributed by atoms with Gasteiger partial charge in [-0.25, -0.2) is 9.97 Å². The molecule has 1 saturated heterocycles. The smallest absolute Gasteiger partial charge is 0.313 e. The minimum absolute atomic E-state index is 0.0122. The molecule has 1 aromatic carbocycles. The fourth-order valence-corrected chi connectivity index (χ4v) is 5.69. The van der Waals surface area contributed by atoms with E-state index < -0.39 is 17.7 Å². The normalized spacial score (nSPS) is 18.4. The summed E-state index contributed by atoms with van der Waals surface area (Å²) >= 11 is 1.69. The summed E-state index contributed by atoms with van der Waals surface area (Å²) < 4.78 is 6.14. The van der Waals surface area contributed by atoms with Crippen LogP contribution in [-0.4, -0.2) is 71.3 Å². The molecule has 0 unspecified atom stereocenters. The Hall–Kier alpha value is -3.57. The van der Waals surface area contributed by atoms with Gasteiger partial charge in [-0.15, -0.1) is 11.3 Å². The number of carbonyl (C=O) groups is 3. The van der Waals surface area contributed by atoms with Crippen LogP contribution in [0.5, 0.6) is 5.88 Å². The van der Waals surface area contributed by atoms with Crippen molar-refractivity contribution in [2.45, 2.75) is 45.2 Å². The molecule has 3 N–H and O–H groups in total. The number of likely N-dealkylation sites (N-methyl/N-ethyl adjacent to an activating group) is 1. The van der Waals surface area contributed by atoms with Crippen LogP contribution in [0.3, 0.4) is 0 Å². The number of fused-ring (bicyclic) bond motifs is 1. The summed E-state index contributed by atoms with van der Waals surface area (Å²) in [7, 11) is 5.48. The van der Waals surface area contributed by atoms with E-state index in [-0.39, 0.29) is 29.1 Å². The van der Waals surface area contributed by atoms with Crippen LogP contribution in [0, 0.1) is 5.92 Å². The third kappa shape index (κ3) is 5.94. The number of pyridine rings is 1. The standard InChI is InChI=1S/C27H34N6O4S/c1-15-6-8-21(17-7-9-22-20(11-17)31-23(38-22)10-16(2)32(3)4)33(14-15)27(36)25(35)30-18-12-19(24(28)34)26(37-5)29-13-18/h7,9,11-13,15-16,21H,6,8,10,14H2,1-5H3,(H2,28,34)(H,30,35)/t15-,16-,21+/m0/s1. The van der Waals surface area contributed by atoms with Gasteiger partial charge in [0.2, 0.25) is 5.88 Å². The predicted octanol–water partition coefficient (Wildman–Crippen LogP) is 3.23. The first-order valence-corrected chi connectivity index (χ1v) is 13.4. The zero-order valence-electron chi connectivity index (χ0n) is 22.4. The Morgan fingerprint density at radius 2 is 2.03 bits per heavy atom. The number of aromatic nitrogens is 2. The fraction of sp³-hybridized carbons (Fsp3) is 0.444. The molecule has 0 aliphatic carbocycles. The lowest BCUT2D eigenvalue weighted by molar-refractivity contribution is -0.146. The van der Waals surface area contributed by atoms with E-state index in [2.05, 4.69) is 49.2 Å². The number of thiazole rings is 1. The molecule has 11 heteroatoms. The van der Waals surface area contributed by atoms with Crippen molar-refractivity contribution in [2.24, 2.45) is 11.7 Å². The highest BCUT2D eigenvalue weighted by Crippen LogP contribution is 2.36. The summed E-state index contributed by atoms with van der Waals surface area (Å²) in [6.07, 6.45) is 3.88. The van der Waals surface area contributed by atoms with Gasteiger partial charge in [-0.2, -0.15) is 0 Å². The number of piperidine rings is 1. The van der Waals surface area contributed by atoms with Crippen molar-refractivity contribution in [3.63, 3.8) is 0 Å². The molecule has 0 saturated carbocycles. The number of hydrogen-bond donors (Lipinski definition) is 2. The van der Waals surface area contributed by atoms with Crippen LogP contribution in [0.4, 0.5) is 5.69 Å². The molecule has 202 valence electrons. The van der Waals surface area contributed by atoms with E-state index in [1.165, 1.54) is 19.4 Å². The summed E-state index contributed by atoms with van der Waals surface area (Å²) in [4.78, 5) is 50.8. The van der Waals surface area contributed by atoms with Crippen molar-refractivity contribution >= 4 is 45.0 Å². The number of carbonyl (C=O) groups excluding carboxylic acids is 3. The van der Waals surface area contributed by atoms with Crippen LogP contribution >= 0.6 is 11.3 Å². The Morgan fingerprint density at radius 1 is 1.26 bits per heavy atom. The maximum absolute atomic E-state index is 13.4. The predicted molar refractivity (Wildman–Crippen MR) is 147 cm³/mol. The van der Waals surface area contributed by atoms with Crippen LogP contribution in [0.15, 0.2) is 30.5 Å². The van der Waals surface area contributed by atoms with Gasteiger partial charge in [0.1, 0.15) is 5.56 Å². The Balaban J connectivity index is 1.55. The van der Waals surface area contributed by atoms with Crippen LogP contribution in [-0.2, 0) is 16.0 Å². The van der Waals surface area contributed by atoms with Gasteiger partial charge in [0.25, 0.3) is 5.91 Å². The first kappa shape index (κ1) is 27.5. The summed E-state index contributed by atoms with van der Waals surface area (Å²) in [5.41, 5.74) is 7.46. The molecule has 3 atom stereocenters. The van der Waals surface area contributed by atoms with E-state index in [1.807, 2.05) is 12.1 Å². The average Bonchev–Trinajstić information content (AvgIpc) is 3.29. The Kier molecular flexibility index (Phi) is 8.27. The van der Waals surface area contributed by atoms with Crippen molar-refractivity contribution in [1.82, 2.24) is 19.8 Å². The Labute approximate surface area is 226 Å². The molecule has 3 heterocycles. The van der Waals surface area contributed by atoms with Gasteiger partial charge in [-0.05, 0) is 63.5 Å². The highest BCUT2D eigenvalue weighted by atomic mass is 32.1. The SMILES string of the molecule is COc1ncc(NC(=O)C(=O)N2C[C@@H](C)CC[C@@H]2c2ccc3sc(C[C@H](C)N(C)C)nc3c2)cc1C(N)=O. The van der Waals surface area contributed by atoms with Crippen LogP contribution < -0.4 is 15.8 Å². The number of nitrogens with zero attached hydrogens (tertiary/aromatic N) is 4. The summed E-state index contributed by atoms with van der Waals surface area (Å²) in [5, 5.41) is 3.64. The monoisotopic (exact) mass is 538 g/mol.